The fraction of sp³-hybridized carbons (Fsp3) is 0.737. The first-order valence-corrected chi connectivity index (χ1v) is 9.93. The molecule has 2 aromatic rings. The van der Waals surface area contributed by atoms with E-state index in [2.05, 4.69) is 22.2 Å². The van der Waals surface area contributed by atoms with Crippen LogP contribution in [0.15, 0.2) is 6.20 Å². The SMILES string of the molecule is CCCN1CCCC(Nc2nc(C3CCCC3)nc3c2cnn3C)C1. The van der Waals surface area contributed by atoms with Gasteiger partial charge >= 0.3 is 0 Å². The molecule has 4 rings (SSSR count). The zero-order valence-corrected chi connectivity index (χ0v) is 15.5. The van der Waals surface area contributed by atoms with Gasteiger partial charge in [-0.15, -0.1) is 0 Å². The first-order valence-electron chi connectivity index (χ1n) is 9.93. The van der Waals surface area contributed by atoms with Crippen molar-refractivity contribution in [2.24, 2.45) is 7.05 Å². The van der Waals surface area contributed by atoms with Crippen molar-refractivity contribution in [3.63, 3.8) is 0 Å². The van der Waals surface area contributed by atoms with Gasteiger partial charge in [0.15, 0.2) is 5.65 Å². The lowest BCUT2D eigenvalue weighted by Crippen LogP contribution is -2.42. The van der Waals surface area contributed by atoms with Crippen molar-refractivity contribution in [3.05, 3.63) is 12.0 Å². The second-order valence-corrected chi connectivity index (χ2v) is 7.70. The second kappa shape index (κ2) is 7.28. The van der Waals surface area contributed by atoms with E-state index in [1.807, 2.05) is 17.9 Å². The van der Waals surface area contributed by atoms with Gasteiger partial charge in [0, 0.05) is 25.6 Å². The summed E-state index contributed by atoms with van der Waals surface area (Å²) in [6, 6.07) is 0.468. The molecule has 0 bridgehead atoms. The van der Waals surface area contributed by atoms with Gasteiger partial charge in [0.25, 0.3) is 0 Å². The van der Waals surface area contributed by atoms with Gasteiger partial charge < -0.3 is 10.2 Å². The molecule has 1 saturated heterocycles. The van der Waals surface area contributed by atoms with E-state index in [0.29, 0.717) is 12.0 Å². The number of nitrogens with one attached hydrogen (secondary N) is 1. The number of anilines is 1. The van der Waals surface area contributed by atoms with E-state index in [0.717, 1.165) is 29.2 Å². The molecule has 1 unspecified atom stereocenters. The van der Waals surface area contributed by atoms with E-state index >= 15 is 0 Å². The minimum absolute atomic E-state index is 0.468. The molecule has 0 spiro atoms. The third-order valence-electron chi connectivity index (χ3n) is 5.72. The summed E-state index contributed by atoms with van der Waals surface area (Å²) in [4.78, 5) is 12.4. The Morgan fingerprint density at radius 1 is 1.16 bits per heavy atom. The van der Waals surface area contributed by atoms with Crippen molar-refractivity contribution in [1.82, 2.24) is 24.6 Å². The van der Waals surface area contributed by atoms with Crippen molar-refractivity contribution in [1.29, 1.82) is 0 Å². The molecule has 136 valence electrons. The Morgan fingerprint density at radius 3 is 2.80 bits per heavy atom. The summed E-state index contributed by atoms with van der Waals surface area (Å²) >= 11 is 0. The number of aryl methyl sites for hydroxylation is 1. The van der Waals surface area contributed by atoms with Crippen molar-refractivity contribution in [3.8, 4) is 0 Å². The molecule has 2 aromatic heterocycles. The molecule has 2 aliphatic rings. The Labute approximate surface area is 150 Å². The van der Waals surface area contributed by atoms with Gasteiger partial charge in [-0.05, 0) is 45.2 Å². The fourth-order valence-electron chi connectivity index (χ4n) is 4.40. The molecule has 2 fully saturated rings. The molecule has 1 atom stereocenters. The maximum absolute atomic E-state index is 4.97. The third-order valence-corrected chi connectivity index (χ3v) is 5.72. The molecule has 1 saturated carbocycles. The van der Waals surface area contributed by atoms with E-state index in [4.69, 9.17) is 9.97 Å². The lowest BCUT2D eigenvalue weighted by molar-refractivity contribution is 0.216. The number of piperidine rings is 1. The number of likely N-dealkylation sites (tertiary alicyclic amines) is 1. The monoisotopic (exact) mass is 342 g/mol. The van der Waals surface area contributed by atoms with Gasteiger partial charge in [0.1, 0.15) is 11.6 Å². The van der Waals surface area contributed by atoms with Crippen LogP contribution in [0.4, 0.5) is 5.82 Å². The van der Waals surface area contributed by atoms with Crippen LogP contribution in [0.1, 0.15) is 63.6 Å². The van der Waals surface area contributed by atoms with Crippen LogP contribution in [0.3, 0.4) is 0 Å². The van der Waals surface area contributed by atoms with Crippen molar-refractivity contribution >= 4 is 16.9 Å². The summed E-state index contributed by atoms with van der Waals surface area (Å²) < 4.78 is 1.88. The Hall–Kier alpha value is -1.69. The molecule has 1 aliphatic heterocycles. The highest BCUT2D eigenvalue weighted by Gasteiger charge is 2.24. The number of rotatable bonds is 5. The predicted molar refractivity (Wildman–Crippen MR) is 101 cm³/mol. The van der Waals surface area contributed by atoms with Gasteiger partial charge in [0.05, 0.1) is 11.6 Å². The zero-order chi connectivity index (χ0) is 17.2. The minimum Gasteiger partial charge on any atom is -0.365 e. The van der Waals surface area contributed by atoms with Crippen LogP contribution >= 0.6 is 0 Å². The standard InChI is InChI=1S/C19H30N6/c1-3-10-25-11-6-9-15(13-25)21-18-16-12-20-24(2)19(16)23-17(22-18)14-7-4-5-8-14/h12,14-15H,3-11,13H2,1-2H3,(H,21,22,23). The molecular weight excluding hydrogens is 312 g/mol. The van der Waals surface area contributed by atoms with Crippen LogP contribution in [0, 0.1) is 0 Å². The maximum Gasteiger partial charge on any atom is 0.163 e. The second-order valence-electron chi connectivity index (χ2n) is 7.70. The Bertz CT molecular complexity index is 716. The molecular formula is C19H30N6. The van der Waals surface area contributed by atoms with Crippen molar-refractivity contribution in [2.75, 3.05) is 25.0 Å². The fourth-order valence-corrected chi connectivity index (χ4v) is 4.40. The van der Waals surface area contributed by atoms with Gasteiger partial charge in [-0.2, -0.15) is 5.10 Å². The number of fused-ring (bicyclic) bond motifs is 1. The van der Waals surface area contributed by atoms with Crippen LogP contribution in [0.5, 0.6) is 0 Å². The van der Waals surface area contributed by atoms with Crippen LogP contribution in [0.25, 0.3) is 11.0 Å². The summed E-state index contributed by atoms with van der Waals surface area (Å²) in [5.41, 5.74) is 0.959. The van der Waals surface area contributed by atoms with Gasteiger partial charge in [0.2, 0.25) is 0 Å². The topological polar surface area (TPSA) is 58.9 Å². The third kappa shape index (κ3) is 3.50. The van der Waals surface area contributed by atoms with E-state index < -0.39 is 0 Å². The minimum atomic E-state index is 0.468. The number of nitrogens with zero attached hydrogens (tertiary/aromatic N) is 5. The predicted octanol–water partition coefficient (Wildman–Crippen LogP) is 3.31. The highest BCUT2D eigenvalue weighted by Crippen LogP contribution is 2.34. The summed E-state index contributed by atoms with van der Waals surface area (Å²) in [6.45, 7) is 5.79. The lowest BCUT2D eigenvalue weighted by atomic mass is 10.1. The van der Waals surface area contributed by atoms with E-state index in [1.54, 1.807) is 0 Å². The summed E-state index contributed by atoms with van der Waals surface area (Å²) in [7, 11) is 1.97. The smallest absolute Gasteiger partial charge is 0.163 e. The Balaban J connectivity index is 1.61. The summed E-state index contributed by atoms with van der Waals surface area (Å²) in [5, 5.41) is 9.22. The summed E-state index contributed by atoms with van der Waals surface area (Å²) in [5.74, 6) is 2.52. The van der Waals surface area contributed by atoms with Crippen LogP contribution in [-0.4, -0.2) is 50.3 Å². The van der Waals surface area contributed by atoms with Crippen molar-refractivity contribution < 1.29 is 0 Å². The van der Waals surface area contributed by atoms with Gasteiger partial charge in [-0.1, -0.05) is 19.8 Å². The van der Waals surface area contributed by atoms with E-state index in [1.165, 1.54) is 58.0 Å². The first kappa shape index (κ1) is 16.8. The van der Waals surface area contributed by atoms with Crippen molar-refractivity contribution in [2.45, 2.75) is 63.8 Å². The molecule has 3 heterocycles. The Kier molecular flexibility index (Phi) is 4.88. The molecule has 25 heavy (non-hydrogen) atoms. The Morgan fingerprint density at radius 2 is 2.00 bits per heavy atom. The quantitative estimate of drug-likeness (QED) is 0.903. The molecule has 1 N–H and O–H groups in total. The highest BCUT2D eigenvalue weighted by molar-refractivity contribution is 5.86. The summed E-state index contributed by atoms with van der Waals surface area (Å²) in [6.07, 6.45) is 10.6. The first-order chi connectivity index (χ1) is 12.2. The van der Waals surface area contributed by atoms with Crippen LogP contribution in [0.2, 0.25) is 0 Å². The molecule has 0 radical (unpaired) electrons. The number of aromatic nitrogens is 4. The zero-order valence-electron chi connectivity index (χ0n) is 15.5. The number of hydrogen-bond donors (Lipinski definition) is 1. The molecule has 6 heteroatoms. The average Bonchev–Trinajstić information content (AvgIpc) is 3.26. The van der Waals surface area contributed by atoms with Gasteiger partial charge in [-0.3, -0.25) is 4.68 Å². The van der Waals surface area contributed by atoms with Crippen LogP contribution < -0.4 is 5.32 Å². The van der Waals surface area contributed by atoms with Crippen LogP contribution in [-0.2, 0) is 7.05 Å². The average molecular weight is 342 g/mol. The molecule has 6 nitrogen and oxygen atoms in total. The molecule has 1 aliphatic carbocycles. The number of hydrogen-bond acceptors (Lipinski definition) is 5. The highest BCUT2D eigenvalue weighted by atomic mass is 15.3. The lowest BCUT2D eigenvalue weighted by Gasteiger charge is -2.33. The normalized spacial score (nSPS) is 22.7. The van der Waals surface area contributed by atoms with E-state index in [9.17, 15) is 0 Å². The molecule has 0 aromatic carbocycles. The van der Waals surface area contributed by atoms with Gasteiger partial charge in [-0.25, -0.2) is 9.97 Å². The maximum atomic E-state index is 4.97. The van der Waals surface area contributed by atoms with E-state index in [-0.39, 0.29) is 0 Å². The molecule has 0 amide bonds. The largest absolute Gasteiger partial charge is 0.365 e.